The van der Waals surface area contributed by atoms with Crippen LogP contribution in [0.3, 0.4) is 0 Å². The fourth-order valence-electron chi connectivity index (χ4n) is 2.60. The molecule has 0 amide bonds. The molecule has 18 heavy (non-hydrogen) atoms. The van der Waals surface area contributed by atoms with Gasteiger partial charge in [0.15, 0.2) is 5.82 Å². The summed E-state index contributed by atoms with van der Waals surface area (Å²) in [6.07, 6.45) is 2.02. The molecule has 0 saturated carbocycles. The Morgan fingerprint density at radius 1 is 1.28 bits per heavy atom. The van der Waals surface area contributed by atoms with Crippen LogP contribution >= 0.6 is 11.8 Å². The number of nitrogens with zero attached hydrogens (tertiary/aromatic N) is 2. The van der Waals surface area contributed by atoms with E-state index in [1.165, 1.54) is 0 Å². The third-order valence-electron chi connectivity index (χ3n) is 3.81. The molecule has 1 aromatic rings. The van der Waals surface area contributed by atoms with Gasteiger partial charge in [0.1, 0.15) is 0 Å². The van der Waals surface area contributed by atoms with Crippen LogP contribution < -0.4 is 5.32 Å². The number of hydrogen-bond donors (Lipinski definition) is 1. The highest BCUT2D eigenvalue weighted by atomic mass is 32.2. The number of ether oxygens (including phenoxy) is 1. The second-order valence-electron chi connectivity index (χ2n) is 4.92. The average Bonchev–Trinajstić information content (AvgIpc) is 3.08. The fourth-order valence-corrected chi connectivity index (χ4v) is 4.02. The Balaban J connectivity index is 1.72. The van der Waals surface area contributed by atoms with Gasteiger partial charge in [-0.3, -0.25) is 0 Å². The molecule has 5 nitrogen and oxygen atoms in total. The average molecular weight is 269 g/mol. The second kappa shape index (κ2) is 5.59. The van der Waals surface area contributed by atoms with Gasteiger partial charge < -0.3 is 14.6 Å². The number of likely N-dealkylation sites (N-methyl/N-ethyl adjacent to an activating group) is 1. The van der Waals surface area contributed by atoms with Crippen molar-refractivity contribution in [3.63, 3.8) is 0 Å². The topological polar surface area (TPSA) is 60.2 Å². The van der Waals surface area contributed by atoms with Gasteiger partial charge in [0.05, 0.1) is 5.92 Å². The molecular formula is C12H19N3O2S. The summed E-state index contributed by atoms with van der Waals surface area (Å²) in [6.45, 7) is 1.62. The van der Waals surface area contributed by atoms with Crippen molar-refractivity contribution in [3.8, 4) is 0 Å². The lowest BCUT2D eigenvalue weighted by atomic mass is 9.99. The zero-order valence-electron chi connectivity index (χ0n) is 10.6. The van der Waals surface area contributed by atoms with E-state index in [0.29, 0.717) is 17.9 Å². The van der Waals surface area contributed by atoms with Gasteiger partial charge in [-0.05, 0) is 19.9 Å². The molecule has 0 aliphatic carbocycles. The molecule has 0 aromatic carbocycles. The molecule has 2 atom stereocenters. The maximum absolute atomic E-state index is 5.48. The minimum Gasteiger partial charge on any atom is -0.381 e. The van der Waals surface area contributed by atoms with Gasteiger partial charge in [-0.25, -0.2) is 0 Å². The maximum atomic E-state index is 5.48. The van der Waals surface area contributed by atoms with Crippen molar-refractivity contribution in [1.82, 2.24) is 15.5 Å². The SMILES string of the molecule is CNC1CSCC1c1nc(C2CCOCC2)no1. The summed E-state index contributed by atoms with van der Waals surface area (Å²) in [5, 5.41) is 7.51. The molecule has 3 rings (SSSR count). The summed E-state index contributed by atoms with van der Waals surface area (Å²) in [4.78, 5) is 4.63. The van der Waals surface area contributed by atoms with E-state index >= 15 is 0 Å². The van der Waals surface area contributed by atoms with Crippen molar-refractivity contribution >= 4 is 11.8 Å². The van der Waals surface area contributed by atoms with Crippen LogP contribution in [0.1, 0.15) is 36.4 Å². The zero-order chi connectivity index (χ0) is 12.4. The lowest BCUT2D eigenvalue weighted by Gasteiger charge is -2.18. The Hall–Kier alpha value is -0.590. The summed E-state index contributed by atoms with van der Waals surface area (Å²) in [7, 11) is 2.00. The van der Waals surface area contributed by atoms with Crippen LogP contribution in [-0.2, 0) is 4.74 Å². The molecule has 0 bridgehead atoms. The van der Waals surface area contributed by atoms with Gasteiger partial charge >= 0.3 is 0 Å². The summed E-state index contributed by atoms with van der Waals surface area (Å²) >= 11 is 1.94. The highest BCUT2D eigenvalue weighted by Gasteiger charge is 2.33. The predicted molar refractivity (Wildman–Crippen MR) is 70.0 cm³/mol. The number of hydrogen-bond acceptors (Lipinski definition) is 6. The van der Waals surface area contributed by atoms with Crippen molar-refractivity contribution in [2.45, 2.75) is 30.7 Å². The van der Waals surface area contributed by atoms with Crippen LogP contribution in [0.5, 0.6) is 0 Å². The van der Waals surface area contributed by atoms with Crippen LogP contribution in [-0.4, -0.2) is 47.9 Å². The van der Waals surface area contributed by atoms with E-state index in [-0.39, 0.29) is 0 Å². The zero-order valence-corrected chi connectivity index (χ0v) is 11.4. The lowest BCUT2D eigenvalue weighted by Crippen LogP contribution is -2.31. The first-order valence-corrected chi connectivity index (χ1v) is 7.70. The molecule has 2 aliphatic rings. The first-order valence-electron chi connectivity index (χ1n) is 6.54. The molecular weight excluding hydrogens is 250 g/mol. The van der Waals surface area contributed by atoms with Gasteiger partial charge in [-0.1, -0.05) is 5.16 Å². The summed E-state index contributed by atoms with van der Waals surface area (Å²) in [5.74, 6) is 4.65. The van der Waals surface area contributed by atoms with Crippen LogP contribution in [0.4, 0.5) is 0 Å². The van der Waals surface area contributed by atoms with Crippen LogP contribution in [0.15, 0.2) is 4.52 Å². The normalized spacial score (nSPS) is 29.8. The number of rotatable bonds is 3. The molecule has 6 heteroatoms. The van der Waals surface area contributed by atoms with Gasteiger partial charge in [-0.2, -0.15) is 16.7 Å². The first kappa shape index (κ1) is 12.4. The molecule has 1 N–H and O–H groups in total. The predicted octanol–water partition coefficient (Wildman–Crippen LogP) is 1.38. The van der Waals surface area contributed by atoms with Crippen molar-refractivity contribution < 1.29 is 9.26 Å². The molecule has 0 radical (unpaired) electrons. The minimum atomic E-state index is 0.362. The van der Waals surface area contributed by atoms with Gasteiger partial charge in [0, 0.05) is 36.7 Å². The molecule has 1 aromatic heterocycles. The highest BCUT2D eigenvalue weighted by molar-refractivity contribution is 7.99. The largest absolute Gasteiger partial charge is 0.381 e. The Kier molecular flexibility index (Phi) is 3.86. The Bertz CT molecular complexity index is 392. The van der Waals surface area contributed by atoms with Gasteiger partial charge in [0.2, 0.25) is 5.89 Å². The Labute approximate surface area is 111 Å². The maximum Gasteiger partial charge on any atom is 0.232 e. The number of thioether (sulfide) groups is 1. The molecule has 0 spiro atoms. The third-order valence-corrected chi connectivity index (χ3v) is 5.00. The van der Waals surface area contributed by atoms with Crippen LogP contribution in [0, 0.1) is 0 Å². The van der Waals surface area contributed by atoms with E-state index in [0.717, 1.165) is 49.3 Å². The highest BCUT2D eigenvalue weighted by Crippen LogP contribution is 2.33. The van der Waals surface area contributed by atoms with E-state index in [1.807, 2.05) is 18.8 Å². The lowest BCUT2D eigenvalue weighted by molar-refractivity contribution is 0.0830. The molecule has 2 unspecified atom stereocenters. The monoisotopic (exact) mass is 269 g/mol. The summed E-state index contributed by atoms with van der Waals surface area (Å²) in [6, 6.07) is 0.456. The Morgan fingerprint density at radius 3 is 2.89 bits per heavy atom. The van der Waals surface area contributed by atoms with E-state index in [1.54, 1.807) is 0 Å². The van der Waals surface area contributed by atoms with E-state index in [4.69, 9.17) is 9.26 Å². The first-order chi connectivity index (χ1) is 8.88. The van der Waals surface area contributed by atoms with E-state index in [9.17, 15) is 0 Å². The third kappa shape index (κ3) is 2.41. The molecule has 3 heterocycles. The Morgan fingerprint density at radius 2 is 2.11 bits per heavy atom. The minimum absolute atomic E-state index is 0.362. The van der Waals surface area contributed by atoms with Crippen molar-refractivity contribution in [3.05, 3.63) is 11.7 Å². The van der Waals surface area contributed by atoms with E-state index in [2.05, 4.69) is 15.5 Å². The van der Waals surface area contributed by atoms with Crippen molar-refractivity contribution in [1.29, 1.82) is 0 Å². The smallest absolute Gasteiger partial charge is 0.232 e. The molecule has 2 aliphatic heterocycles. The van der Waals surface area contributed by atoms with Gasteiger partial charge in [0.25, 0.3) is 0 Å². The fraction of sp³-hybridized carbons (Fsp3) is 0.833. The summed E-state index contributed by atoms with van der Waals surface area (Å²) < 4.78 is 10.8. The van der Waals surface area contributed by atoms with Crippen LogP contribution in [0.2, 0.25) is 0 Å². The number of aromatic nitrogens is 2. The molecule has 2 fully saturated rings. The quantitative estimate of drug-likeness (QED) is 0.894. The second-order valence-corrected chi connectivity index (χ2v) is 5.99. The van der Waals surface area contributed by atoms with Crippen LogP contribution in [0.25, 0.3) is 0 Å². The van der Waals surface area contributed by atoms with Crippen molar-refractivity contribution in [2.75, 3.05) is 31.8 Å². The van der Waals surface area contributed by atoms with Crippen molar-refractivity contribution in [2.24, 2.45) is 0 Å². The molecule has 100 valence electrons. The molecule has 2 saturated heterocycles. The van der Waals surface area contributed by atoms with Gasteiger partial charge in [-0.15, -0.1) is 0 Å². The van der Waals surface area contributed by atoms with E-state index < -0.39 is 0 Å². The number of nitrogens with one attached hydrogen (secondary N) is 1. The summed E-state index contributed by atoms with van der Waals surface area (Å²) in [5.41, 5.74) is 0. The standard InChI is InChI=1S/C12H19N3O2S/c1-13-10-7-18-6-9(10)12-14-11(15-17-12)8-2-4-16-5-3-8/h8-10,13H,2-7H2,1H3.